The molecule has 2 heterocycles. The van der Waals surface area contributed by atoms with Crippen LogP contribution in [0.5, 0.6) is 0 Å². The number of esters is 1. The van der Waals surface area contributed by atoms with Gasteiger partial charge in [0.15, 0.2) is 0 Å². The second-order valence-electron chi connectivity index (χ2n) is 5.84. The van der Waals surface area contributed by atoms with Gasteiger partial charge < -0.3 is 9.15 Å². The van der Waals surface area contributed by atoms with Crippen LogP contribution in [-0.4, -0.2) is 16.8 Å². The number of allylic oxidation sites excluding steroid dienone is 1. The van der Waals surface area contributed by atoms with Crippen LogP contribution in [0, 0.1) is 6.57 Å². The van der Waals surface area contributed by atoms with Gasteiger partial charge in [-0.15, -0.1) is 0 Å². The summed E-state index contributed by atoms with van der Waals surface area (Å²) in [4.78, 5) is 15.3. The summed E-state index contributed by atoms with van der Waals surface area (Å²) in [6, 6.07) is 10.2. The number of furan rings is 1. The first-order valence-electron chi connectivity index (χ1n) is 8.64. The summed E-state index contributed by atoms with van der Waals surface area (Å²) in [5, 5.41) is 0. The third kappa shape index (κ3) is 4.57. The zero-order chi connectivity index (χ0) is 19.9. The number of ether oxygens (including phenoxy) is 1. The third-order valence-electron chi connectivity index (χ3n) is 3.87. The van der Waals surface area contributed by atoms with Crippen LogP contribution in [0.1, 0.15) is 31.1 Å². The molecular weight excluding hydrogens is 380 g/mol. The molecule has 0 fully saturated rings. The molecule has 3 rings (SSSR count). The van der Waals surface area contributed by atoms with Gasteiger partial charge in [-0.05, 0) is 36.2 Å². The first-order valence-corrected chi connectivity index (χ1v) is 9.71. The van der Waals surface area contributed by atoms with E-state index in [0.29, 0.717) is 29.2 Å². The average Bonchev–Trinajstić information content (AvgIpc) is 3.30. The number of rotatable bonds is 8. The Hall–Kier alpha value is -3.15. The molecule has 0 aliphatic carbocycles. The normalized spacial score (nSPS) is 16.1. The lowest BCUT2D eigenvalue weighted by molar-refractivity contribution is -0.132. The maximum absolute atomic E-state index is 12.0. The summed E-state index contributed by atoms with van der Waals surface area (Å²) in [6.45, 7) is 9.75. The Bertz CT molecular complexity index is 969. The van der Waals surface area contributed by atoms with Crippen molar-refractivity contribution in [3.05, 3.63) is 76.9 Å². The summed E-state index contributed by atoms with van der Waals surface area (Å²) >= 11 is -1.64. The van der Waals surface area contributed by atoms with E-state index in [9.17, 15) is 9.00 Å². The SMILES string of the molecule is [C-]#[N+]C1=C(c2ccc(NS(=O)OCCCC)cc2)C(=Cc2ccco2)OC1=O. The fourth-order valence-corrected chi connectivity index (χ4v) is 3.17. The number of carbonyl (C=O) groups excluding carboxylic acids is 1. The number of hydrogen-bond donors (Lipinski definition) is 1. The Labute approximate surface area is 165 Å². The molecule has 1 aliphatic heterocycles. The van der Waals surface area contributed by atoms with E-state index in [-0.39, 0.29) is 11.5 Å². The van der Waals surface area contributed by atoms with Crippen molar-refractivity contribution in [1.29, 1.82) is 0 Å². The summed E-state index contributed by atoms with van der Waals surface area (Å²) in [6.07, 6.45) is 4.86. The van der Waals surface area contributed by atoms with Gasteiger partial charge in [-0.25, -0.2) is 9.05 Å². The van der Waals surface area contributed by atoms with Gasteiger partial charge in [0.05, 0.1) is 19.4 Å². The number of carbonyl (C=O) groups is 1. The van der Waals surface area contributed by atoms with Crippen LogP contribution < -0.4 is 4.72 Å². The molecule has 7 nitrogen and oxygen atoms in total. The van der Waals surface area contributed by atoms with E-state index in [2.05, 4.69) is 9.57 Å². The molecule has 0 bridgehead atoms. The van der Waals surface area contributed by atoms with E-state index in [1.54, 1.807) is 42.5 Å². The minimum Gasteiger partial charge on any atom is -0.465 e. The van der Waals surface area contributed by atoms with Crippen LogP contribution in [-0.2, 0) is 25.0 Å². The fourth-order valence-electron chi connectivity index (χ4n) is 2.51. The number of benzene rings is 1. The molecule has 1 unspecified atom stereocenters. The van der Waals surface area contributed by atoms with E-state index < -0.39 is 17.2 Å². The fraction of sp³-hybridized carbons (Fsp3) is 0.200. The van der Waals surface area contributed by atoms with Crippen molar-refractivity contribution >= 4 is 34.6 Å². The zero-order valence-electron chi connectivity index (χ0n) is 15.1. The van der Waals surface area contributed by atoms with E-state index in [1.165, 1.54) is 6.26 Å². The topological polar surface area (TPSA) is 82.1 Å². The first kappa shape index (κ1) is 19.6. The highest BCUT2D eigenvalue weighted by molar-refractivity contribution is 7.81. The van der Waals surface area contributed by atoms with Crippen LogP contribution in [0.3, 0.4) is 0 Å². The number of unbranched alkanes of at least 4 members (excludes halogenated alkanes) is 1. The quantitative estimate of drug-likeness (QED) is 0.407. The van der Waals surface area contributed by atoms with Crippen molar-refractivity contribution < 1.29 is 22.3 Å². The Kier molecular flexibility index (Phi) is 6.42. The molecule has 144 valence electrons. The van der Waals surface area contributed by atoms with Crippen LogP contribution >= 0.6 is 0 Å². The molecule has 2 aromatic rings. The third-order valence-corrected chi connectivity index (χ3v) is 4.65. The zero-order valence-corrected chi connectivity index (χ0v) is 16.0. The van der Waals surface area contributed by atoms with Crippen molar-refractivity contribution in [3.63, 3.8) is 0 Å². The number of hydrogen-bond acceptors (Lipinski definition) is 5. The van der Waals surface area contributed by atoms with Crippen molar-refractivity contribution in [1.82, 2.24) is 0 Å². The van der Waals surface area contributed by atoms with E-state index in [0.717, 1.165) is 12.8 Å². The smallest absolute Gasteiger partial charge is 0.342 e. The lowest BCUT2D eigenvalue weighted by Gasteiger charge is -2.08. The maximum Gasteiger partial charge on any atom is 0.342 e. The molecule has 1 aromatic heterocycles. The monoisotopic (exact) mass is 398 g/mol. The Morgan fingerprint density at radius 2 is 2.07 bits per heavy atom. The van der Waals surface area contributed by atoms with Gasteiger partial charge in [-0.2, -0.15) is 0 Å². The molecule has 0 saturated heterocycles. The van der Waals surface area contributed by atoms with Crippen molar-refractivity contribution in [2.45, 2.75) is 19.8 Å². The average molecular weight is 398 g/mol. The highest BCUT2D eigenvalue weighted by Crippen LogP contribution is 2.37. The Balaban J connectivity index is 1.82. The van der Waals surface area contributed by atoms with Crippen LogP contribution in [0.15, 0.2) is 58.5 Å². The van der Waals surface area contributed by atoms with Crippen LogP contribution in [0.4, 0.5) is 5.69 Å². The molecule has 0 saturated carbocycles. The highest BCUT2D eigenvalue weighted by Gasteiger charge is 2.31. The summed E-state index contributed by atoms with van der Waals surface area (Å²) in [5.74, 6) is 0.0537. The second kappa shape index (κ2) is 9.17. The van der Waals surface area contributed by atoms with Crippen molar-refractivity contribution in [2.24, 2.45) is 0 Å². The number of anilines is 1. The molecule has 1 atom stereocenters. The number of nitrogens with zero attached hydrogens (tertiary/aromatic N) is 1. The predicted molar refractivity (Wildman–Crippen MR) is 105 cm³/mol. The lowest BCUT2D eigenvalue weighted by atomic mass is 10.0. The van der Waals surface area contributed by atoms with Gasteiger partial charge in [-0.1, -0.05) is 25.5 Å². The molecule has 0 amide bonds. The molecule has 1 aliphatic rings. The minimum atomic E-state index is -1.64. The molecule has 0 spiro atoms. The van der Waals surface area contributed by atoms with Gasteiger partial charge in [-0.3, -0.25) is 13.7 Å². The van der Waals surface area contributed by atoms with E-state index in [1.807, 2.05) is 6.92 Å². The van der Waals surface area contributed by atoms with Gasteiger partial charge in [0.2, 0.25) is 0 Å². The number of nitrogens with one attached hydrogen (secondary N) is 1. The molecule has 1 N–H and O–H groups in total. The van der Waals surface area contributed by atoms with Crippen LogP contribution in [0.25, 0.3) is 16.5 Å². The number of cyclic esters (lactones) is 1. The molecule has 0 radical (unpaired) electrons. The second-order valence-corrected chi connectivity index (χ2v) is 6.75. The van der Waals surface area contributed by atoms with E-state index in [4.69, 9.17) is 19.9 Å². The first-order chi connectivity index (χ1) is 13.6. The predicted octanol–water partition coefficient (Wildman–Crippen LogP) is 4.32. The molecule has 8 heteroatoms. The van der Waals surface area contributed by atoms with Gasteiger partial charge >= 0.3 is 5.97 Å². The molecular formula is C20H18N2O5S. The molecule has 28 heavy (non-hydrogen) atoms. The summed E-state index contributed by atoms with van der Waals surface area (Å²) < 4.78 is 30.3. The Morgan fingerprint density at radius 3 is 2.71 bits per heavy atom. The highest BCUT2D eigenvalue weighted by atomic mass is 32.2. The lowest BCUT2D eigenvalue weighted by Crippen LogP contribution is -2.09. The maximum atomic E-state index is 12.0. The van der Waals surface area contributed by atoms with Gasteiger partial charge in [0.25, 0.3) is 17.0 Å². The summed E-state index contributed by atoms with van der Waals surface area (Å²) in [5.41, 5.74) is 1.51. The van der Waals surface area contributed by atoms with Gasteiger partial charge in [0, 0.05) is 17.3 Å². The largest absolute Gasteiger partial charge is 0.465 e. The minimum absolute atomic E-state index is 0.0926. The van der Waals surface area contributed by atoms with Crippen molar-refractivity contribution in [2.75, 3.05) is 11.3 Å². The van der Waals surface area contributed by atoms with Crippen LogP contribution in [0.2, 0.25) is 0 Å². The van der Waals surface area contributed by atoms with E-state index >= 15 is 0 Å². The van der Waals surface area contributed by atoms with Crippen molar-refractivity contribution in [3.8, 4) is 0 Å². The Morgan fingerprint density at radius 1 is 1.29 bits per heavy atom. The standard InChI is InChI=1S/C20H18N2O5S/c1-3-4-12-26-28(24)22-15-9-7-14(8-10-15)18-17(13-16-6-5-11-25-16)27-20(23)19(18)21-2/h5-11,13,22H,3-4,12H2,1H3. The molecule has 1 aromatic carbocycles. The summed E-state index contributed by atoms with van der Waals surface area (Å²) in [7, 11) is 0. The van der Waals surface area contributed by atoms with Gasteiger partial charge in [0.1, 0.15) is 11.5 Å².